The largest absolute Gasteiger partial charge is 0.378 e. The van der Waals surface area contributed by atoms with Crippen LogP contribution < -0.4 is 5.32 Å². The third-order valence-corrected chi connectivity index (χ3v) is 3.12. The van der Waals surface area contributed by atoms with E-state index in [0.717, 1.165) is 22.7 Å². The highest BCUT2D eigenvalue weighted by atomic mass is 35.5. The molecule has 0 aliphatic rings. The van der Waals surface area contributed by atoms with Crippen molar-refractivity contribution in [2.24, 2.45) is 0 Å². The van der Waals surface area contributed by atoms with Crippen LogP contribution in [0.2, 0.25) is 5.02 Å². The van der Waals surface area contributed by atoms with E-state index in [4.69, 9.17) is 11.6 Å². The van der Waals surface area contributed by atoms with Gasteiger partial charge in [-0.3, -0.25) is 0 Å². The Morgan fingerprint density at radius 1 is 1.06 bits per heavy atom. The molecule has 2 aromatic rings. The number of hydrogen-bond acceptors (Lipinski definition) is 1. The molecule has 0 saturated carbocycles. The zero-order valence-electron chi connectivity index (χ0n) is 10.2. The summed E-state index contributed by atoms with van der Waals surface area (Å²) in [5.74, 6) is -0.208. The molecule has 0 amide bonds. The third kappa shape index (κ3) is 3.23. The Balaban J connectivity index is 2.14. The first kappa shape index (κ1) is 12.9. The minimum atomic E-state index is -0.208. The van der Waals surface area contributed by atoms with Crippen molar-refractivity contribution in [2.75, 3.05) is 5.32 Å². The Bertz CT molecular complexity index is 493. The standard InChI is InChI=1S/C15H15ClFN/c1-2-15(11-3-7-13(17)8-4-11)18-14-9-5-12(16)6-10-14/h3-10,15,18H,2H2,1H3. The molecule has 1 nitrogen and oxygen atoms in total. The minimum absolute atomic E-state index is 0.173. The lowest BCUT2D eigenvalue weighted by molar-refractivity contribution is 0.625. The van der Waals surface area contributed by atoms with Gasteiger partial charge in [0.15, 0.2) is 0 Å². The highest BCUT2D eigenvalue weighted by molar-refractivity contribution is 6.30. The number of anilines is 1. The maximum absolute atomic E-state index is 12.9. The number of rotatable bonds is 4. The van der Waals surface area contributed by atoms with Gasteiger partial charge in [0.25, 0.3) is 0 Å². The molecule has 0 spiro atoms. The molecule has 2 aromatic carbocycles. The lowest BCUT2D eigenvalue weighted by atomic mass is 10.0. The molecule has 2 rings (SSSR count). The second kappa shape index (κ2) is 5.87. The van der Waals surface area contributed by atoms with E-state index >= 15 is 0 Å². The normalized spacial score (nSPS) is 12.2. The van der Waals surface area contributed by atoms with Crippen LogP contribution in [0.3, 0.4) is 0 Å². The van der Waals surface area contributed by atoms with Crippen LogP contribution in [0, 0.1) is 5.82 Å². The van der Waals surface area contributed by atoms with Crippen LogP contribution in [0.5, 0.6) is 0 Å². The highest BCUT2D eigenvalue weighted by Crippen LogP contribution is 2.23. The lowest BCUT2D eigenvalue weighted by Gasteiger charge is -2.18. The molecule has 0 aromatic heterocycles. The summed E-state index contributed by atoms with van der Waals surface area (Å²) < 4.78 is 12.9. The van der Waals surface area contributed by atoms with Gasteiger partial charge in [-0.25, -0.2) is 4.39 Å². The van der Waals surface area contributed by atoms with Crippen LogP contribution in [0.1, 0.15) is 24.9 Å². The molecule has 0 aliphatic heterocycles. The van der Waals surface area contributed by atoms with E-state index in [1.54, 1.807) is 0 Å². The van der Waals surface area contributed by atoms with Crippen molar-refractivity contribution >= 4 is 17.3 Å². The van der Waals surface area contributed by atoms with E-state index in [1.807, 2.05) is 36.4 Å². The van der Waals surface area contributed by atoms with Gasteiger partial charge in [0.05, 0.1) is 6.04 Å². The maximum atomic E-state index is 12.9. The molecule has 0 saturated heterocycles. The fourth-order valence-corrected chi connectivity index (χ4v) is 1.99. The molecule has 18 heavy (non-hydrogen) atoms. The summed E-state index contributed by atoms with van der Waals surface area (Å²) >= 11 is 5.85. The van der Waals surface area contributed by atoms with Crippen LogP contribution in [0.25, 0.3) is 0 Å². The molecule has 1 N–H and O–H groups in total. The van der Waals surface area contributed by atoms with Crippen LogP contribution in [-0.4, -0.2) is 0 Å². The topological polar surface area (TPSA) is 12.0 Å². The van der Waals surface area contributed by atoms with Gasteiger partial charge in [0.1, 0.15) is 5.82 Å². The van der Waals surface area contributed by atoms with Crippen LogP contribution in [-0.2, 0) is 0 Å². The van der Waals surface area contributed by atoms with E-state index in [2.05, 4.69) is 12.2 Å². The Labute approximate surface area is 112 Å². The summed E-state index contributed by atoms with van der Waals surface area (Å²) in [4.78, 5) is 0. The lowest BCUT2D eigenvalue weighted by Crippen LogP contribution is -2.09. The molecule has 0 radical (unpaired) electrons. The first-order valence-electron chi connectivity index (χ1n) is 5.96. The van der Waals surface area contributed by atoms with Gasteiger partial charge in [0, 0.05) is 10.7 Å². The summed E-state index contributed by atoms with van der Waals surface area (Å²) in [6.45, 7) is 2.09. The van der Waals surface area contributed by atoms with Crippen molar-refractivity contribution in [1.82, 2.24) is 0 Å². The van der Waals surface area contributed by atoms with Crippen molar-refractivity contribution in [3.05, 3.63) is 64.9 Å². The second-order valence-corrected chi connectivity index (χ2v) is 4.60. The molecule has 94 valence electrons. The monoisotopic (exact) mass is 263 g/mol. The number of nitrogens with one attached hydrogen (secondary N) is 1. The summed E-state index contributed by atoms with van der Waals surface area (Å²) in [5, 5.41) is 4.13. The van der Waals surface area contributed by atoms with Crippen molar-refractivity contribution in [3.8, 4) is 0 Å². The molecule has 3 heteroatoms. The number of benzene rings is 2. The van der Waals surface area contributed by atoms with Gasteiger partial charge in [-0.15, -0.1) is 0 Å². The molecule has 1 unspecified atom stereocenters. The van der Waals surface area contributed by atoms with Gasteiger partial charge >= 0.3 is 0 Å². The molecular weight excluding hydrogens is 249 g/mol. The molecular formula is C15H15ClFN. The molecule has 0 heterocycles. The van der Waals surface area contributed by atoms with Crippen LogP contribution in [0.15, 0.2) is 48.5 Å². The Morgan fingerprint density at radius 2 is 1.67 bits per heavy atom. The molecule has 0 bridgehead atoms. The Hall–Kier alpha value is -1.54. The van der Waals surface area contributed by atoms with E-state index in [0.29, 0.717) is 0 Å². The highest BCUT2D eigenvalue weighted by Gasteiger charge is 2.08. The van der Waals surface area contributed by atoms with Crippen molar-refractivity contribution in [2.45, 2.75) is 19.4 Å². The summed E-state index contributed by atoms with van der Waals surface area (Å²) in [7, 11) is 0. The van der Waals surface area contributed by atoms with Gasteiger partial charge in [0.2, 0.25) is 0 Å². The smallest absolute Gasteiger partial charge is 0.123 e. The van der Waals surface area contributed by atoms with Crippen molar-refractivity contribution in [1.29, 1.82) is 0 Å². The molecule has 0 aliphatic carbocycles. The van der Waals surface area contributed by atoms with Gasteiger partial charge in [-0.2, -0.15) is 0 Å². The van der Waals surface area contributed by atoms with Gasteiger partial charge in [-0.05, 0) is 48.4 Å². The predicted octanol–water partition coefficient (Wildman–Crippen LogP) is 5.04. The first-order chi connectivity index (χ1) is 8.69. The van der Waals surface area contributed by atoms with Crippen LogP contribution in [0.4, 0.5) is 10.1 Å². The third-order valence-electron chi connectivity index (χ3n) is 2.87. The van der Waals surface area contributed by atoms with E-state index in [9.17, 15) is 4.39 Å². The fraction of sp³-hybridized carbons (Fsp3) is 0.200. The summed E-state index contributed by atoms with van der Waals surface area (Å²) in [5.41, 5.74) is 2.09. The van der Waals surface area contributed by atoms with Gasteiger partial charge in [-0.1, -0.05) is 30.7 Å². The van der Waals surface area contributed by atoms with Crippen LogP contribution >= 0.6 is 11.6 Å². The zero-order chi connectivity index (χ0) is 13.0. The quantitative estimate of drug-likeness (QED) is 0.815. The number of hydrogen-bond donors (Lipinski definition) is 1. The Kier molecular flexibility index (Phi) is 4.21. The number of halogens is 2. The van der Waals surface area contributed by atoms with Crippen molar-refractivity contribution < 1.29 is 4.39 Å². The summed E-state index contributed by atoms with van der Waals surface area (Å²) in [6, 6.07) is 14.3. The zero-order valence-corrected chi connectivity index (χ0v) is 10.9. The fourth-order valence-electron chi connectivity index (χ4n) is 1.86. The van der Waals surface area contributed by atoms with Gasteiger partial charge < -0.3 is 5.32 Å². The molecule has 1 atom stereocenters. The van der Waals surface area contributed by atoms with Crippen molar-refractivity contribution in [3.63, 3.8) is 0 Å². The predicted molar refractivity (Wildman–Crippen MR) is 74.5 cm³/mol. The van der Waals surface area contributed by atoms with E-state index in [1.165, 1.54) is 12.1 Å². The minimum Gasteiger partial charge on any atom is -0.378 e. The van der Waals surface area contributed by atoms with E-state index in [-0.39, 0.29) is 11.9 Å². The SMILES string of the molecule is CCC(Nc1ccc(Cl)cc1)c1ccc(F)cc1. The average Bonchev–Trinajstić information content (AvgIpc) is 2.39. The molecule has 0 fully saturated rings. The summed E-state index contributed by atoms with van der Waals surface area (Å²) in [6.07, 6.45) is 0.925. The average molecular weight is 264 g/mol. The Morgan fingerprint density at radius 3 is 2.22 bits per heavy atom. The maximum Gasteiger partial charge on any atom is 0.123 e. The first-order valence-corrected chi connectivity index (χ1v) is 6.34. The van der Waals surface area contributed by atoms with E-state index < -0.39 is 0 Å². The second-order valence-electron chi connectivity index (χ2n) is 4.16.